The topological polar surface area (TPSA) is 129 Å². The van der Waals surface area contributed by atoms with Crippen molar-refractivity contribution >= 4 is 19.9 Å². The smallest absolute Gasteiger partial charge is 0.288 e. The van der Waals surface area contributed by atoms with Crippen LogP contribution in [0.3, 0.4) is 0 Å². The van der Waals surface area contributed by atoms with Crippen LogP contribution in [0, 0.1) is 5.92 Å². The van der Waals surface area contributed by atoms with Gasteiger partial charge in [0.05, 0.1) is 11.5 Å². The monoisotopic (exact) mass is 323 g/mol. The van der Waals surface area contributed by atoms with Crippen LogP contribution in [-0.2, 0) is 26.4 Å². The maximum atomic E-state index is 12.0. The first kappa shape index (κ1) is 16.8. The number of rotatable bonds is 6. The quantitative estimate of drug-likeness (QED) is 0.712. The Balaban J connectivity index is 3.17. The number of sulfone groups is 1. The van der Waals surface area contributed by atoms with Crippen LogP contribution in [0.1, 0.15) is 13.8 Å². The fourth-order valence-electron chi connectivity index (χ4n) is 1.50. The minimum Gasteiger partial charge on any atom is -0.311 e. The summed E-state index contributed by atoms with van der Waals surface area (Å²) in [6.45, 7) is 4.10. The Hall–Kier alpha value is -1.26. The molecule has 0 radical (unpaired) electrons. The van der Waals surface area contributed by atoms with E-state index in [4.69, 9.17) is 5.14 Å². The van der Waals surface area contributed by atoms with Gasteiger partial charge in [-0.15, -0.1) is 0 Å². The van der Waals surface area contributed by atoms with Crippen molar-refractivity contribution in [1.82, 2.24) is 9.55 Å². The average Bonchev–Trinajstić information content (AvgIpc) is 2.28. The molecule has 0 aliphatic rings. The van der Waals surface area contributed by atoms with Crippen molar-refractivity contribution in [2.45, 2.75) is 25.4 Å². The second-order valence-corrected chi connectivity index (χ2v) is 8.53. The number of primary sulfonamides is 1. The Morgan fingerprint density at radius 2 is 1.85 bits per heavy atom. The van der Waals surface area contributed by atoms with Gasteiger partial charge in [-0.25, -0.2) is 27.0 Å². The highest BCUT2D eigenvalue weighted by molar-refractivity contribution is 7.94. The predicted molar refractivity (Wildman–Crippen MR) is 73.4 cm³/mol. The lowest BCUT2D eigenvalue weighted by Gasteiger charge is -2.09. The van der Waals surface area contributed by atoms with Gasteiger partial charge in [-0.05, 0) is 5.92 Å². The summed E-state index contributed by atoms with van der Waals surface area (Å²) < 4.78 is 46.8. The molecule has 20 heavy (non-hydrogen) atoms. The molecule has 0 aromatic carbocycles. The number of sulfonamides is 1. The molecule has 114 valence electrons. The predicted octanol–water partition coefficient (Wildman–Crippen LogP) is -1.04. The van der Waals surface area contributed by atoms with Crippen molar-refractivity contribution in [3.05, 3.63) is 22.7 Å². The van der Waals surface area contributed by atoms with Crippen LogP contribution in [0.15, 0.2) is 22.2 Å². The van der Waals surface area contributed by atoms with Crippen molar-refractivity contribution in [2.24, 2.45) is 11.1 Å². The van der Waals surface area contributed by atoms with Gasteiger partial charge in [-0.3, -0.25) is 4.79 Å². The fraction of sp³-hybridized carbons (Fsp3) is 0.600. The van der Waals surface area contributed by atoms with Crippen molar-refractivity contribution in [1.29, 1.82) is 0 Å². The zero-order valence-electron chi connectivity index (χ0n) is 11.2. The highest BCUT2D eigenvalue weighted by Gasteiger charge is 2.23. The molecule has 1 aromatic heterocycles. The van der Waals surface area contributed by atoms with E-state index in [0.717, 1.165) is 0 Å². The lowest BCUT2D eigenvalue weighted by Crippen LogP contribution is -2.31. The number of aromatic nitrogens is 2. The summed E-state index contributed by atoms with van der Waals surface area (Å²) in [5.74, 6) is -1.37. The van der Waals surface area contributed by atoms with E-state index in [1.807, 2.05) is 13.8 Å². The zero-order chi connectivity index (χ0) is 15.6. The van der Waals surface area contributed by atoms with Crippen LogP contribution >= 0.6 is 0 Å². The van der Waals surface area contributed by atoms with Crippen LogP contribution in [0.25, 0.3) is 0 Å². The van der Waals surface area contributed by atoms with E-state index < -0.39 is 42.0 Å². The molecule has 1 rings (SSSR count). The molecule has 0 saturated carbocycles. The number of hydrogen-bond acceptors (Lipinski definition) is 6. The molecule has 2 N–H and O–H groups in total. The number of hydrogen-bond donors (Lipinski definition) is 1. The molecule has 0 spiro atoms. The molecule has 0 unspecified atom stereocenters. The molecule has 10 heteroatoms. The molecule has 8 nitrogen and oxygen atoms in total. The van der Waals surface area contributed by atoms with Gasteiger partial charge < -0.3 is 4.57 Å². The van der Waals surface area contributed by atoms with Crippen LogP contribution in [0.5, 0.6) is 0 Å². The first-order valence-electron chi connectivity index (χ1n) is 5.81. The molecular weight excluding hydrogens is 306 g/mol. The lowest BCUT2D eigenvalue weighted by atomic mass is 10.2. The Morgan fingerprint density at radius 3 is 2.35 bits per heavy atom. The molecule has 0 bridgehead atoms. The number of nitrogens with zero attached hydrogens (tertiary/aromatic N) is 2. The molecule has 1 aromatic rings. The summed E-state index contributed by atoms with van der Waals surface area (Å²) in [5.41, 5.74) is -0.754. The minimum atomic E-state index is -4.09. The summed E-state index contributed by atoms with van der Waals surface area (Å²) >= 11 is 0. The number of nitrogens with two attached hydrogens (primary N) is 1. The van der Waals surface area contributed by atoms with E-state index in [-0.39, 0.29) is 5.92 Å². The third-order valence-corrected chi connectivity index (χ3v) is 5.02. The Kier molecular flexibility index (Phi) is 5.05. The van der Waals surface area contributed by atoms with Crippen LogP contribution in [0.2, 0.25) is 0 Å². The Labute approximate surface area is 117 Å². The third kappa shape index (κ3) is 4.69. The second-order valence-electron chi connectivity index (χ2n) is 4.77. The van der Waals surface area contributed by atoms with Gasteiger partial charge >= 0.3 is 0 Å². The Morgan fingerprint density at radius 1 is 1.25 bits per heavy atom. The standard InChI is InChI=1S/C10H17N3O5S2/c1-8(2)7-13-4-3-12-9(10(13)14)19(15,16)5-6-20(11,17)18/h3-4,8H,5-7H2,1-2H3,(H2,11,17,18). The zero-order valence-corrected chi connectivity index (χ0v) is 12.8. The first-order chi connectivity index (χ1) is 9.03. The van der Waals surface area contributed by atoms with Gasteiger partial charge in [0.25, 0.3) is 5.56 Å². The molecule has 1 heterocycles. The summed E-state index contributed by atoms with van der Waals surface area (Å²) in [7, 11) is -8.01. The van der Waals surface area contributed by atoms with E-state index in [2.05, 4.69) is 4.98 Å². The van der Waals surface area contributed by atoms with Gasteiger partial charge in [-0.2, -0.15) is 0 Å². The maximum absolute atomic E-state index is 12.0. The van der Waals surface area contributed by atoms with Crippen molar-refractivity contribution in [3.63, 3.8) is 0 Å². The van der Waals surface area contributed by atoms with Crippen LogP contribution in [-0.4, -0.2) is 37.9 Å². The SMILES string of the molecule is CC(C)Cn1ccnc(S(=O)(=O)CCS(N)(=O)=O)c1=O. The largest absolute Gasteiger partial charge is 0.311 e. The van der Waals surface area contributed by atoms with E-state index in [9.17, 15) is 21.6 Å². The third-order valence-electron chi connectivity index (χ3n) is 2.38. The minimum absolute atomic E-state index is 0.148. The van der Waals surface area contributed by atoms with Crippen LogP contribution in [0.4, 0.5) is 0 Å². The average molecular weight is 323 g/mol. The molecule has 0 amide bonds. The Bertz CT molecular complexity index is 734. The van der Waals surface area contributed by atoms with E-state index in [1.165, 1.54) is 17.0 Å². The highest BCUT2D eigenvalue weighted by Crippen LogP contribution is 2.04. The van der Waals surface area contributed by atoms with Gasteiger partial charge in [0.2, 0.25) is 24.9 Å². The fourth-order valence-corrected chi connectivity index (χ4v) is 4.11. The molecule has 0 fully saturated rings. The van der Waals surface area contributed by atoms with Crippen LogP contribution < -0.4 is 10.7 Å². The molecule has 0 aliphatic heterocycles. The highest BCUT2D eigenvalue weighted by atomic mass is 32.2. The molecular formula is C10H17N3O5S2. The summed E-state index contributed by atoms with van der Waals surface area (Å²) in [6, 6.07) is 0. The first-order valence-corrected chi connectivity index (χ1v) is 9.18. The summed E-state index contributed by atoms with van der Waals surface area (Å²) in [6.07, 6.45) is 2.59. The van der Waals surface area contributed by atoms with Crippen molar-refractivity contribution in [2.75, 3.05) is 11.5 Å². The van der Waals surface area contributed by atoms with Gasteiger partial charge in [0, 0.05) is 18.9 Å². The molecule has 0 atom stereocenters. The maximum Gasteiger partial charge on any atom is 0.288 e. The van der Waals surface area contributed by atoms with Gasteiger partial charge in [0.1, 0.15) is 0 Å². The normalized spacial score (nSPS) is 12.8. The van der Waals surface area contributed by atoms with Crippen molar-refractivity contribution in [3.8, 4) is 0 Å². The van der Waals surface area contributed by atoms with E-state index >= 15 is 0 Å². The van der Waals surface area contributed by atoms with E-state index in [0.29, 0.717) is 6.54 Å². The molecule has 0 aliphatic carbocycles. The van der Waals surface area contributed by atoms with Crippen molar-refractivity contribution < 1.29 is 16.8 Å². The van der Waals surface area contributed by atoms with Gasteiger partial charge in [-0.1, -0.05) is 13.8 Å². The second kappa shape index (κ2) is 6.02. The summed E-state index contributed by atoms with van der Waals surface area (Å²) in [5, 5.41) is 4.11. The molecule has 0 saturated heterocycles. The van der Waals surface area contributed by atoms with Gasteiger partial charge in [0.15, 0.2) is 0 Å². The van der Waals surface area contributed by atoms with E-state index in [1.54, 1.807) is 0 Å². The lowest BCUT2D eigenvalue weighted by molar-refractivity contribution is 0.499. The summed E-state index contributed by atoms with van der Waals surface area (Å²) in [4.78, 5) is 15.6.